The summed E-state index contributed by atoms with van der Waals surface area (Å²) in [5.41, 5.74) is 0.339. The molecule has 1 amide bonds. The minimum atomic E-state index is -4.41. The van der Waals surface area contributed by atoms with Crippen molar-refractivity contribution in [3.8, 4) is 11.4 Å². The van der Waals surface area contributed by atoms with Crippen molar-refractivity contribution in [2.24, 2.45) is 0 Å². The number of alkyl halides is 3. The summed E-state index contributed by atoms with van der Waals surface area (Å²) in [5, 5.41) is 3.91. The third-order valence-electron chi connectivity index (χ3n) is 4.34. The Hall–Kier alpha value is -3.23. The Morgan fingerprint density at radius 1 is 1.15 bits per heavy atom. The van der Waals surface area contributed by atoms with Crippen LogP contribution in [0.2, 0.25) is 0 Å². The molecule has 3 heterocycles. The second kappa shape index (κ2) is 6.49. The average molecular weight is 374 g/mol. The summed E-state index contributed by atoms with van der Waals surface area (Å²) >= 11 is 0. The second-order valence-corrected chi connectivity index (χ2v) is 6.15. The number of aromatic nitrogens is 3. The topological polar surface area (TPSA) is 72.1 Å². The molecule has 1 atom stereocenters. The highest BCUT2D eigenvalue weighted by Gasteiger charge is 2.36. The van der Waals surface area contributed by atoms with Crippen molar-refractivity contribution >= 4 is 11.6 Å². The van der Waals surface area contributed by atoms with Crippen LogP contribution in [-0.2, 0) is 11.0 Å². The smallest absolute Gasteiger partial charge is 0.339 e. The normalized spacial score (nSPS) is 17.5. The van der Waals surface area contributed by atoms with Crippen molar-refractivity contribution in [1.29, 1.82) is 0 Å². The van der Waals surface area contributed by atoms with Gasteiger partial charge in [0.2, 0.25) is 17.6 Å². The van der Waals surface area contributed by atoms with E-state index in [0.717, 1.165) is 12.1 Å². The van der Waals surface area contributed by atoms with Crippen LogP contribution >= 0.6 is 0 Å². The second-order valence-electron chi connectivity index (χ2n) is 6.15. The van der Waals surface area contributed by atoms with Gasteiger partial charge in [0.05, 0.1) is 11.5 Å². The molecule has 0 spiro atoms. The van der Waals surface area contributed by atoms with E-state index in [2.05, 4.69) is 15.1 Å². The fourth-order valence-electron chi connectivity index (χ4n) is 2.97. The number of carbonyl (C=O) groups excluding carboxylic acids is 1. The van der Waals surface area contributed by atoms with E-state index in [1.54, 1.807) is 24.5 Å². The predicted octanol–water partition coefficient (Wildman–Crippen LogP) is 3.67. The predicted molar refractivity (Wildman–Crippen MR) is 88.7 cm³/mol. The van der Waals surface area contributed by atoms with Gasteiger partial charge in [-0.2, -0.15) is 18.2 Å². The molecule has 4 rings (SSSR count). The largest absolute Gasteiger partial charge is 0.416 e. The summed E-state index contributed by atoms with van der Waals surface area (Å²) in [6, 6.07) is 8.04. The first kappa shape index (κ1) is 17.2. The fraction of sp³-hybridized carbons (Fsp3) is 0.222. The number of carbonyl (C=O) groups is 1. The highest BCUT2D eigenvalue weighted by atomic mass is 19.4. The van der Waals surface area contributed by atoms with Crippen LogP contribution in [0.1, 0.15) is 23.8 Å². The number of nitrogens with zero attached hydrogens (tertiary/aromatic N) is 4. The lowest BCUT2D eigenvalue weighted by molar-refractivity contribution is -0.137. The van der Waals surface area contributed by atoms with Gasteiger partial charge >= 0.3 is 6.18 Å². The molecule has 3 aromatic rings. The minimum Gasteiger partial charge on any atom is -0.339 e. The summed E-state index contributed by atoms with van der Waals surface area (Å²) < 4.78 is 43.3. The van der Waals surface area contributed by atoms with E-state index in [1.807, 2.05) is 0 Å². The maximum Gasteiger partial charge on any atom is 0.416 e. The molecule has 0 bridgehead atoms. The summed E-state index contributed by atoms with van der Waals surface area (Å²) in [5.74, 6) is 0.161. The number of pyridine rings is 1. The first-order valence-electron chi connectivity index (χ1n) is 8.13. The summed E-state index contributed by atoms with van der Waals surface area (Å²) in [6.07, 6.45) is -1.04. The molecule has 0 aliphatic carbocycles. The van der Waals surface area contributed by atoms with Crippen molar-refractivity contribution in [2.75, 3.05) is 11.4 Å². The van der Waals surface area contributed by atoms with Gasteiger partial charge in [0.25, 0.3) is 0 Å². The molecule has 1 aliphatic heterocycles. The molecule has 1 fully saturated rings. The monoisotopic (exact) mass is 374 g/mol. The molecule has 1 unspecified atom stereocenters. The van der Waals surface area contributed by atoms with Crippen LogP contribution in [0.25, 0.3) is 11.4 Å². The number of benzene rings is 1. The van der Waals surface area contributed by atoms with Gasteiger partial charge in [-0.3, -0.25) is 9.78 Å². The molecule has 1 aromatic carbocycles. The Morgan fingerprint density at radius 2 is 1.93 bits per heavy atom. The van der Waals surface area contributed by atoms with Crippen LogP contribution in [-0.4, -0.2) is 27.6 Å². The van der Waals surface area contributed by atoms with E-state index >= 15 is 0 Å². The first-order valence-corrected chi connectivity index (χ1v) is 8.13. The zero-order chi connectivity index (χ0) is 19.0. The lowest BCUT2D eigenvalue weighted by Gasteiger charge is -2.17. The molecule has 0 saturated carbocycles. The number of amides is 1. The van der Waals surface area contributed by atoms with Gasteiger partial charge in [0.1, 0.15) is 0 Å². The fourth-order valence-corrected chi connectivity index (χ4v) is 2.97. The molecule has 0 radical (unpaired) electrons. The van der Waals surface area contributed by atoms with E-state index < -0.39 is 11.7 Å². The van der Waals surface area contributed by atoms with Crippen LogP contribution in [0.5, 0.6) is 0 Å². The number of halogens is 3. The van der Waals surface area contributed by atoms with Crippen molar-refractivity contribution in [2.45, 2.75) is 18.5 Å². The van der Waals surface area contributed by atoms with Crippen molar-refractivity contribution in [3.05, 3.63) is 60.2 Å². The standard InChI is InChI=1S/C18H13F3N4O2/c19-18(20,21)13-3-5-14(6-4-13)25-10-12(8-15(25)26)17-23-16(24-27-17)11-2-1-7-22-9-11/h1-7,9,12H,8,10H2. The van der Waals surface area contributed by atoms with E-state index in [0.29, 0.717) is 23.0 Å². The zero-order valence-corrected chi connectivity index (χ0v) is 13.8. The lowest BCUT2D eigenvalue weighted by atomic mass is 10.1. The maximum absolute atomic E-state index is 12.7. The maximum atomic E-state index is 12.7. The lowest BCUT2D eigenvalue weighted by Crippen LogP contribution is -2.24. The van der Waals surface area contributed by atoms with Gasteiger partial charge in [-0.05, 0) is 36.4 Å². The van der Waals surface area contributed by atoms with Crippen molar-refractivity contribution in [1.82, 2.24) is 15.1 Å². The highest BCUT2D eigenvalue weighted by Crippen LogP contribution is 2.34. The molecule has 9 heteroatoms. The van der Waals surface area contributed by atoms with Crippen LogP contribution in [0.3, 0.4) is 0 Å². The van der Waals surface area contributed by atoms with Gasteiger partial charge in [0, 0.05) is 36.6 Å². The minimum absolute atomic E-state index is 0.149. The molecular weight excluding hydrogens is 361 g/mol. The van der Waals surface area contributed by atoms with Gasteiger partial charge in [-0.15, -0.1) is 0 Å². The quantitative estimate of drug-likeness (QED) is 0.699. The van der Waals surface area contributed by atoms with Crippen LogP contribution in [0.4, 0.5) is 18.9 Å². The molecule has 1 aliphatic rings. The molecule has 27 heavy (non-hydrogen) atoms. The van der Waals surface area contributed by atoms with Gasteiger partial charge < -0.3 is 9.42 Å². The summed E-state index contributed by atoms with van der Waals surface area (Å²) in [6.45, 7) is 0.263. The van der Waals surface area contributed by atoms with E-state index in [9.17, 15) is 18.0 Å². The van der Waals surface area contributed by atoms with Gasteiger partial charge in [-0.25, -0.2) is 0 Å². The number of anilines is 1. The van der Waals surface area contributed by atoms with Crippen molar-refractivity contribution in [3.63, 3.8) is 0 Å². The Morgan fingerprint density at radius 3 is 2.59 bits per heavy atom. The number of rotatable bonds is 3. The number of hydrogen-bond acceptors (Lipinski definition) is 5. The Kier molecular flexibility index (Phi) is 4.14. The SMILES string of the molecule is O=C1CC(c2nc(-c3cccnc3)no2)CN1c1ccc(C(F)(F)F)cc1. The molecule has 6 nitrogen and oxygen atoms in total. The van der Waals surface area contributed by atoms with E-state index in [4.69, 9.17) is 4.52 Å². The van der Waals surface area contributed by atoms with Crippen LogP contribution in [0.15, 0.2) is 53.3 Å². The molecule has 1 saturated heterocycles. The molecule has 0 N–H and O–H groups in total. The zero-order valence-electron chi connectivity index (χ0n) is 13.8. The first-order chi connectivity index (χ1) is 12.9. The van der Waals surface area contributed by atoms with E-state index in [-0.39, 0.29) is 24.8 Å². The molecule has 138 valence electrons. The van der Waals surface area contributed by atoms with Crippen LogP contribution < -0.4 is 4.90 Å². The summed E-state index contributed by atoms with van der Waals surface area (Å²) in [7, 11) is 0. The highest BCUT2D eigenvalue weighted by molar-refractivity contribution is 5.96. The van der Waals surface area contributed by atoms with Crippen molar-refractivity contribution < 1.29 is 22.5 Å². The molecule has 2 aromatic heterocycles. The summed E-state index contributed by atoms with van der Waals surface area (Å²) in [4.78, 5) is 22.1. The van der Waals surface area contributed by atoms with Gasteiger partial charge in [0.15, 0.2) is 0 Å². The van der Waals surface area contributed by atoms with Crippen LogP contribution in [0, 0.1) is 0 Å². The average Bonchev–Trinajstić information content (AvgIpc) is 3.29. The van der Waals surface area contributed by atoms with E-state index in [1.165, 1.54) is 17.0 Å². The molecular formula is C18H13F3N4O2. The third-order valence-corrected chi connectivity index (χ3v) is 4.34. The third kappa shape index (κ3) is 3.40. The Bertz CT molecular complexity index is 955. The Balaban J connectivity index is 1.52. The number of hydrogen-bond donors (Lipinski definition) is 0. The van der Waals surface area contributed by atoms with Gasteiger partial charge in [-0.1, -0.05) is 5.16 Å². The Labute approximate surface area is 151 Å².